The second-order valence-electron chi connectivity index (χ2n) is 4.79. The Balaban J connectivity index is 2.01. The van der Waals surface area contributed by atoms with Crippen molar-refractivity contribution in [3.63, 3.8) is 0 Å². The number of hydrogen-bond donors (Lipinski definition) is 2. The third-order valence-electron chi connectivity index (χ3n) is 3.06. The molecule has 0 saturated heterocycles. The molecule has 0 atom stereocenters. The van der Waals surface area contributed by atoms with Crippen molar-refractivity contribution in [3.8, 4) is 5.75 Å². The molecule has 0 aliphatic heterocycles. The van der Waals surface area contributed by atoms with Gasteiger partial charge in [0.1, 0.15) is 10.8 Å². The maximum absolute atomic E-state index is 12.1. The molecule has 2 aromatic rings. The van der Waals surface area contributed by atoms with Crippen LogP contribution in [0, 0.1) is 10.1 Å². The van der Waals surface area contributed by atoms with E-state index in [0.717, 1.165) is 0 Å². The SMILES string of the molecule is CCOc1ccc(C(=O)NC(=S)Nc2ccc(Cl)c([N+](=O)[O-])c2)cc1. The Kier molecular flexibility index (Phi) is 6.26. The van der Waals surface area contributed by atoms with Crippen LogP contribution in [0.5, 0.6) is 5.75 Å². The molecular formula is C16H14ClN3O4S. The minimum atomic E-state index is -0.602. The molecule has 1 amide bonds. The average molecular weight is 380 g/mol. The highest BCUT2D eigenvalue weighted by Gasteiger charge is 2.14. The van der Waals surface area contributed by atoms with Gasteiger partial charge in [-0.3, -0.25) is 20.2 Å². The van der Waals surface area contributed by atoms with Crippen LogP contribution in [0.2, 0.25) is 5.02 Å². The molecular weight excluding hydrogens is 366 g/mol. The molecule has 2 rings (SSSR count). The Labute approximate surface area is 154 Å². The van der Waals surface area contributed by atoms with Crippen molar-refractivity contribution >= 4 is 46.2 Å². The average Bonchev–Trinajstić information content (AvgIpc) is 2.57. The Morgan fingerprint density at radius 3 is 2.56 bits per heavy atom. The van der Waals surface area contributed by atoms with Crippen LogP contribution in [0.1, 0.15) is 17.3 Å². The predicted octanol–water partition coefficient (Wildman–Crippen LogP) is 3.77. The molecule has 130 valence electrons. The van der Waals surface area contributed by atoms with Gasteiger partial charge in [-0.05, 0) is 55.5 Å². The van der Waals surface area contributed by atoms with Crippen molar-refractivity contribution in [2.24, 2.45) is 0 Å². The van der Waals surface area contributed by atoms with Gasteiger partial charge >= 0.3 is 0 Å². The highest BCUT2D eigenvalue weighted by Crippen LogP contribution is 2.27. The zero-order chi connectivity index (χ0) is 18.4. The molecule has 0 aliphatic rings. The van der Waals surface area contributed by atoms with Crippen molar-refractivity contribution < 1.29 is 14.5 Å². The Morgan fingerprint density at radius 2 is 1.96 bits per heavy atom. The number of amides is 1. The van der Waals surface area contributed by atoms with Gasteiger partial charge in [0, 0.05) is 17.3 Å². The highest BCUT2D eigenvalue weighted by molar-refractivity contribution is 7.80. The summed E-state index contributed by atoms with van der Waals surface area (Å²) in [6, 6.07) is 10.7. The van der Waals surface area contributed by atoms with Crippen LogP contribution in [0.4, 0.5) is 11.4 Å². The van der Waals surface area contributed by atoms with Crippen LogP contribution < -0.4 is 15.4 Å². The van der Waals surface area contributed by atoms with E-state index in [1.54, 1.807) is 24.3 Å². The molecule has 2 N–H and O–H groups in total. The van der Waals surface area contributed by atoms with Crippen LogP contribution >= 0.6 is 23.8 Å². The standard InChI is InChI=1S/C16H14ClN3O4S/c1-2-24-12-6-3-10(4-7-12)15(21)19-16(25)18-11-5-8-13(17)14(9-11)20(22)23/h3-9H,2H2,1H3,(H2,18,19,21,25). The third-order valence-corrected chi connectivity index (χ3v) is 3.58. The number of carbonyl (C=O) groups excluding carboxylic acids is 1. The van der Waals surface area contributed by atoms with Gasteiger partial charge in [-0.2, -0.15) is 0 Å². The number of nitro benzene ring substituents is 1. The Morgan fingerprint density at radius 1 is 1.28 bits per heavy atom. The van der Waals surface area contributed by atoms with E-state index < -0.39 is 10.8 Å². The summed E-state index contributed by atoms with van der Waals surface area (Å²) < 4.78 is 5.31. The fraction of sp³-hybridized carbons (Fsp3) is 0.125. The molecule has 0 heterocycles. The van der Waals surface area contributed by atoms with Crippen molar-refractivity contribution in [1.82, 2.24) is 5.32 Å². The fourth-order valence-electron chi connectivity index (χ4n) is 1.94. The van der Waals surface area contributed by atoms with E-state index >= 15 is 0 Å². The lowest BCUT2D eigenvalue weighted by Crippen LogP contribution is -2.34. The molecule has 0 saturated carbocycles. The summed E-state index contributed by atoms with van der Waals surface area (Å²) >= 11 is 10.8. The molecule has 0 aromatic heterocycles. The lowest BCUT2D eigenvalue weighted by molar-refractivity contribution is -0.384. The van der Waals surface area contributed by atoms with Crippen molar-refractivity contribution in [2.45, 2.75) is 6.92 Å². The van der Waals surface area contributed by atoms with Gasteiger partial charge in [0.25, 0.3) is 11.6 Å². The van der Waals surface area contributed by atoms with Gasteiger partial charge < -0.3 is 10.1 Å². The second kappa shape index (κ2) is 8.41. The van der Waals surface area contributed by atoms with E-state index in [-0.39, 0.29) is 15.8 Å². The first-order valence-electron chi connectivity index (χ1n) is 7.20. The molecule has 0 aliphatic carbocycles. The number of rotatable bonds is 5. The minimum Gasteiger partial charge on any atom is -0.494 e. The van der Waals surface area contributed by atoms with Crippen LogP contribution in [0.15, 0.2) is 42.5 Å². The van der Waals surface area contributed by atoms with Crippen LogP contribution in [-0.4, -0.2) is 22.5 Å². The number of nitrogens with zero attached hydrogens (tertiary/aromatic N) is 1. The Bertz CT molecular complexity index is 812. The van der Waals surface area contributed by atoms with Gasteiger partial charge in [0.05, 0.1) is 11.5 Å². The summed E-state index contributed by atoms with van der Waals surface area (Å²) in [4.78, 5) is 22.4. The molecule has 0 unspecified atom stereocenters. The molecule has 2 aromatic carbocycles. The van der Waals surface area contributed by atoms with Gasteiger partial charge in [0.15, 0.2) is 5.11 Å². The van der Waals surface area contributed by atoms with Crippen LogP contribution in [0.3, 0.4) is 0 Å². The summed E-state index contributed by atoms with van der Waals surface area (Å²) in [7, 11) is 0. The predicted molar refractivity (Wildman–Crippen MR) is 99.4 cm³/mol. The number of ether oxygens (including phenoxy) is 1. The van der Waals surface area contributed by atoms with E-state index in [0.29, 0.717) is 23.6 Å². The van der Waals surface area contributed by atoms with E-state index in [1.165, 1.54) is 18.2 Å². The quantitative estimate of drug-likeness (QED) is 0.466. The molecule has 9 heteroatoms. The number of thiocarbonyl (C=S) groups is 1. The number of nitro groups is 1. The second-order valence-corrected chi connectivity index (χ2v) is 5.60. The van der Waals surface area contributed by atoms with Gasteiger partial charge in [-0.1, -0.05) is 11.6 Å². The summed E-state index contributed by atoms with van der Waals surface area (Å²) in [5, 5.41) is 16.1. The molecule has 0 fully saturated rings. The molecule has 0 spiro atoms. The number of benzene rings is 2. The first kappa shape index (κ1) is 18.6. The molecule has 25 heavy (non-hydrogen) atoms. The van der Waals surface area contributed by atoms with Gasteiger partial charge in [-0.25, -0.2) is 0 Å². The van der Waals surface area contributed by atoms with E-state index in [4.69, 9.17) is 28.6 Å². The summed E-state index contributed by atoms with van der Waals surface area (Å²) in [5.41, 5.74) is 0.482. The third kappa shape index (κ3) is 5.13. The summed E-state index contributed by atoms with van der Waals surface area (Å²) in [6.45, 7) is 2.40. The maximum atomic E-state index is 12.1. The number of nitrogens with one attached hydrogen (secondary N) is 2. The summed E-state index contributed by atoms with van der Waals surface area (Å²) in [5.74, 6) is 0.247. The van der Waals surface area contributed by atoms with E-state index in [1.807, 2.05) is 6.92 Å². The lowest BCUT2D eigenvalue weighted by atomic mass is 10.2. The van der Waals surface area contributed by atoms with Crippen LogP contribution in [0.25, 0.3) is 0 Å². The normalized spacial score (nSPS) is 10.0. The number of halogens is 1. The van der Waals surface area contributed by atoms with E-state index in [9.17, 15) is 14.9 Å². The smallest absolute Gasteiger partial charge is 0.289 e. The molecule has 0 radical (unpaired) electrons. The van der Waals surface area contributed by atoms with Gasteiger partial charge in [0.2, 0.25) is 0 Å². The van der Waals surface area contributed by atoms with Crippen LogP contribution in [-0.2, 0) is 0 Å². The lowest BCUT2D eigenvalue weighted by Gasteiger charge is -2.10. The fourth-order valence-corrected chi connectivity index (χ4v) is 2.33. The Hall–Kier alpha value is -2.71. The largest absolute Gasteiger partial charge is 0.494 e. The minimum absolute atomic E-state index is 0.00973. The topological polar surface area (TPSA) is 93.5 Å². The van der Waals surface area contributed by atoms with Crippen molar-refractivity contribution in [1.29, 1.82) is 0 Å². The highest BCUT2D eigenvalue weighted by atomic mass is 35.5. The number of hydrogen-bond acceptors (Lipinski definition) is 5. The summed E-state index contributed by atoms with van der Waals surface area (Å²) in [6.07, 6.45) is 0. The zero-order valence-corrected chi connectivity index (χ0v) is 14.7. The first-order chi connectivity index (χ1) is 11.9. The monoisotopic (exact) mass is 379 g/mol. The van der Waals surface area contributed by atoms with Gasteiger partial charge in [-0.15, -0.1) is 0 Å². The number of carbonyl (C=O) groups is 1. The molecule has 0 bridgehead atoms. The molecule has 7 nitrogen and oxygen atoms in total. The maximum Gasteiger partial charge on any atom is 0.289 e. The van der Waals surface area contributed by atoms with E-state index in [2.05, 4.69) is 10.6 Å². The first-order valence-corrected chi connectivity index (χ1v) is 7.98. The zero-order valence-electron chi connectivity index (χ0n) is 13.1. The number of anilines is 1. The van der Waals surface area contributed by atoms with Crippen molar-refractivity contribution in [2.75, 3.05) is 11.9 Å². The van der Waals surface area contributed by atoms with Crippen molar-refractivity contribution in [3.05, 3.63) is 63.2 Å².